The lowest BCUT2D eigenvalue weighted by molar-refractivity contribution is -0.130. The van der Waals surface area contributed by atoms with Gasteiger partial charge < -0.3 is 14.1 Å². The Labute approximate surface area is 129 Å². The zero-order chi connectivity index (χ0) is 15.5. The highest BCUT2D eigenvalue weighted by molar-refractivity contribution is 5.73. The number of piperidine rings is 1. The second-order valence-electron chi connectivity index (χ2n) is 5.48. The third-order valence-corrected chi connectivity index (χ3v) is 3.97. The molecule has 1 aromatic heterocycles. The fraction of sp³-hybridized carbons (Fsp3) is 0.438. The first-order valence-electron chi connectivity index (χ1n) is 7.40. The number of methoxy groups -OCH3 is 1. The molecule has 1 amide bonds. The molecule has 6 heteroatoms. The van der Waals surface area contributed by atoms with E-state index in [2.05, 4.69) is 10.2 Å². The maximum Gasteiger partial charge on any atom is 0.247 e. The smallest absolute Gasteiger partial charge is 0.247 e. The van der Waals surface area contributed by atoms with Gasteiger partial charge in [0.05, 0.1) is 13.0 Å². The van der Waals surface area contributed by atoms with Crippen molar-refractivity contribution in [1.82, 2.24) is 15.1 Å². The SMILES string of the molecule is COc1cccc(-c2nnc([C@H]3CCCN(C(C)=O)C3)o2)c1. The van der Waals surface area contributed by atoms with Crippen molar-refractivity contribution in [2.45, 2.75) is 25.7 Å². The van der Waals surface area contributed by atoms with Gasteiger partial charge in [0.25, 0.3) is 0 Å². The summed E-state index contributed by atoms with van der Waals surface area (Å²) in [4.78, 5) is 13.4. The molecule has 0 radical (unpaired) electrons. The molecule has 2 heterocycles. The predicted octanol–water partition coefficient (Wildman–Crippen LogP) is 2.47. The van der Waals surface area contributed by atoms with Crippen LogP contribution >= 0.6 is 0 Å². The van der Waals surface area contributed by atoms with E-state index in [-0.39, 0.29) is 11.8 Å². The molecule has 22 heavy (non-hydrogen) atoms. The number of amides is 1. The van der Waals surface area contributed by atoms with Gasteiger partial charge in [0.1, 0.15) is 5.75 Å². The largest absolute Gasteiger partial charge is 0.497 e. The Bertz CT molecular complexity index is 668. The zero-order valence-electron chi connectivity index (χ0n) is 12.8. The maximum atomic E-state index is 11.5. The fourth-order valence-corrected chi connectivity index (χ4v) is 2.74. The van der Waals surface area contributed by atoms with Crippen LogP contribution in [0.25, 0.3) is 11.5 Å². The predicted molar refractivity (Wildman–Crippen MR) is 80.5 cm³/mol. The summed E-state index contributed by atoms with van der Waals surface area (Å²) in [5.41, 5.74) is 0.831. The first-order valence-corrected chi connectivity index (χ1v) is 7.40. The molecule has 3 rings (SSSR count). The van der Waals surface area contributed by atoms with E-state index in [1.54, 1.807) is 14.0 Å². The Morgan fingerprint density at radius 2 is 2.27 bits per heavy atom. The van der Waals surface area contributed by atoms with Gasteiger partial charge in [-0.05, 0) is 31.0 Å². The first kappa shape index (κ1) is 14.6. The topological polar surface area (TPSA) is 68.5 Å². The van der Waals surface area contributed by atoms with Crippen molar-refractivity contribution in [3.05, 3.63) is 30.2 Å². The van der Waals surface area contributed by atoms with Crippen LogP contribution in [0.15, 0.2) is 28.7 Å². The van der Waals surface area contributed by atoms with Crippen molar-refractivity contribution in [3.63, 3.8) is 0 Å². The van der Waals surface area contributed by atoms with Crippen molar-refractivity contribution < 1.29 is 13.9 Å². The third-order valence-electron chi connectivity index (χ3n) is 3.97. The van der Waals surface area contributed by atoms with Crippen LogP contribution in [0.3, 0.4) is 0 Å². The average molecular weight is 301 g/mol. The monoisotopic (exact) mass is 301 g/mol. The number of hydrogen-bond acceptors (Lipinski definition) is 5. The molecule has 1 fully saturated rings. The highest BCUT2D eigenvalue weighted by Crippen LogP contribution is 2.29. The van der Waals surface area contributed by atoms with Crippen molar-refractivity contribution in [2.24, 2.45) is 0 Å². The van der Waals surface area contributed by atoms with E-state index in [1.807, 2.05) is 29.2 Å². The summed E-state index contributed by atoms with van der Waals surface area (Å²) in [6.45, 7) is 3.05. The Kier molecular flexibility index (Phi) is 4.09. The van der Waals surface area contributed by atoms with Crippen molar-refractivity contribution in [2.75, 3.05) is 20.2 Å². The third kappa shape index (κ3) is 2.95. The summed E-state index contributed by atoms with van der Waals surface area (Å²) in [7, 11) is 1.62. The summed E-state index contributed by atoms with van der Waals surface area (Å²) in [5.74, 6) is 2.04. The molecule has 1 aliphatic rings. The van der Waals surface area contributed by atoms with E-state index >= 15 is 0 Å². The molecule has 0 saturated carbocycles. The number of aromatic nitrogens is 2. The maximum absolute atomic E-state index is 11.5. The van der Waals surface area contributed by atoms with Crippen molar-refractivity contribution >= 4 is 5.91 Å². The molecule has 0 aliphatic carbocycles. The van der Waals surface area contributed by atoms with Gasteiger partial charge in [0.2, 0.25) is 17.7 Å². The van der Waals surface area contributed by atoms with E-state index in [0.717, 1.165) is 30.7 Å². The van der Waals surface area contributed by atoms with Crippen LogP contribution in [-0.4, -0.2) is 41.2 Å². The minimum Gasteiger partial charge on any atom is -0.497 e. The van der Waals surface area contributed by atoms with Crippen LogP contribution in [0.1, 0.15) is 31.6 Å². The van der Waals surface area contributed by atoms with E-state index < -0.39 is 0 Å². The minimum atomic E-state index is 0.0947. The molecule has 0 bridgehead atoms. The van der Waals surface area contributed by atoms with Gasteiger partial charge in [-0.2, -0.15) is 0 Å². The molecule has 0 unspecified atom stereocenters. The van der Waals surface area contributed by atoms with Crippen LogP contribution in [0.5, 0.6) is 5.75 Å². The van der Waals surface area contributed by atoms with Crippen LogP contribution in [-0.2, 0) is 4.79 Å². The number of likely N-dealkylation sites (tertiary alicyclic amines) is 1. The molecule has 2 aromatic rings. The molecule has 1 atom stereocenters. The van der Waals surface area contributed by atoms with Crippen molar-refractivity contribution in [3.8, 4) is 17.2 Å². The second kappa shape index (κ2) is 6.17. The summed E-state index contributed by atoms with van der Waals surface area (Å²) in [6, 6.07) is 7.52. The van der Waals surface area contributed by atoms with Crippen LogP contribution in [0, 0.1) is 0 Å². The summed E-state index contributed by atoms with van der Waals surface area (Å²) >= 11 is 0. The Morgan fingerprint density at radius 1 is 1.41 bits per heavy atom. The average Bonchev–Trinajstić information content (AvgIpc) is 3.05. The standard InChI is InChI=1S/C16H19N3O3/c1-11(20)19-8-4-6-13(10-19)16-18-17-15(22-16)12-5-3-7-14(9-12)21-2/h3,5,7,9,13H,4,6,8,10H2,1-2H3/t13-/m0/s1. The molecule has 0 spiro atoms. The van der Waals surface area contributed by atoms with E-state index in [9.17, 15) is 4.79 Å². The lowest BCUT2D eigenvalue weighted by Crippen LogP contribution is -2.37. The lowest BCUT2D eigenvalue weighted by atomic mass is 9.98. The Balaban J connectivity index is 1.79. The van der Waals surface area contributed by atoms with Gasteiger partial charge in [-0.15, -0.1) is 10.2 Å². The highest BCUT2D eigenvalue weighted by Gasteiger charge is 2.27. The Hall–Kier alpha value is -2.37. The van der Waals surface area contributed by atoms with Crippen LogP contribution in [0.4, 0.5) is 0 Å². The molecular formula is C16H19N3O3. The Morgan fingerprint density at radius 3 is 3.05 bits per heavy atom. The van der Waals surface area contributed by atoms with Gasteiger partial charge in [0, 0.05) is 25.6 Å². The number of hydrogen-bond donors (Lipinski definition) is 0. The molecule has 6 nitrogen and oxygen atoms in total. The second-order valence-corrected chi connectivity index (χ2v) is 5.48. The van der Waals surface area contributed by atoms with Gasteiger partial charge in [-0.25, -0.2) is 0 Å². The number of ether oxygens (including phenoxy) is 1. The van der Waals surface area contributed by atoms with Crippen LogP contribution in [0.2, 0.25) is 0 Å². The molecule has 0 N–H and O–H groups in total. The summed E-state index contributed by atoms with van der Waals surface area (Å²) < 4.78 is 11.0. The number of benzene rings is 1. The molecule has 1 aromatic carbocycles. The van der Waals surface area contributed by atoms with Crippen molar-refractivity contribution in [1.29, 1.82) is 0 Å². The number of carbonyl (C=O) groups is 1. The fourth-order valence-electron chi connectivity index (χ4n) is 2.74. The van der Waals surface area contributed by atoms with Crippen LogP contribution < -0.4 is 4.74 Å². The van der Waals surface area contributed by atoms with Gasteiger partial charge in [-0.1, -0.05) is 6.07 Å². The number of rotatable bonds is 3. The molecule has 1 saturated heterocycles. The summed E-state index contributed by atoms with van der Waals surface area (Å²) in [6.07, 6.45) is 1.92. The first-order chi connectivity index (χ1) is 10.7. The van der Waals surface area contributed by atoms with Gasteiger partial charge in [0.15, 0.2) is 0 Å². The number of nitrogens with zero attached hydrogens (tertiary/aromatic N) is 3. The van der Waals surface area contributed by atoms with E-state index in [0.29, 0.717) is 18.3 Å². The normalized spacial score (nSPS) is 18.3. The number of carbonyl (C=O) groups excluding carboxylic acids is 1. The molecular weight excluding hydrogens is 282 g/mol. The quantitative estimate of drug-likeness (QED) is 0.871. The van der Waals surface area contributed by atoms with E-state index in [4.69, 9.17) is 9.15 Å². The molecule has 116 valence electrons. The molecule has 1 aliphatic heterocycles. The summed E-state index contributed by atoms with van der Waals surface area (Å²) in [5, 5.41) is 8.30. The van der Waals surface area contributed by atoms with Gasteiger partial charge in [-0.3, -0.25) is 4.79 Å². The van der Waals surface area contributed by atoms with E-state index in [1.165, 1.54) is 0 Å². The van der Waals surface area contributed by atoms with Gasteiger partial charge >= 0.3 is 0 Å². The zero-order valence-corrected chi connectivity index (χ0v) is 12.8. The minimum absolute atomic E-state index is 0.0947. The lowest BCUT2D eigenvalue weighted by Gasteiger charge is -2.30. The highest BCUT2D eigenvalue weighted by atomic mass is 16.5.